The Hall–Kier alpha value is -0.310. The van der Waals surface area contributed by atoms with Crippen LogP contribution in [0.1, 0.15) is 6.92 Å². The molecule has 1 heterocycles. The van der Waals surface area contributed by atoms with Gasteiger partial charge in [0.15, 0.2) is 5.75 Å². The molecule has 0 saturated heterocycles. The number of H-pyrrole nitrogens is 1. The number of halogens is 2. The molecule has 0 bridgehead atoms. The molecule has 0 aliphatic carbocycles. The number of aromatic nitrogens is 1. The van der Waals surface area contributed by atoms with Crippen LogP contribution in [-0.4, -0.2) is 11.0 Å². The second-order valence-corrected chi connectivity index (χ2v) is 5.27. The van der Waals surface area contributed by atoms with Crippen LogP contribution in [0, 0.1) is 7.14 Å². The van der Waals surface area contributed by atoms with Gasteiger partial charge < -0.3 is 9.72 Å². The Balaban J connectivity index is 2.66. The summed E-state index contributed by atoms with van der Waals surface area (Å²) in [5.41, 5.74) is 0.982. The van der Waals surface area contributed by atoms with Crippen LogP contribution in [0.5, 0.6) is 5.75 Å². The number of hydrogen-bond acceptors (Lipinski definition) is 2. The van der Waals surface area contributed by atoms with Crippen molar-refractivity contribution in [1.82, 2.24) is 4.98 Å². The molecule has 0 spiro atoms. The fourth-order valence-electron chi connectivity index (χ4n) is 1.36. The topological polar surface area (TPSA) is 42.1 Å². The minimum atomic E-state index is -0.300. The highest BCUT2D eigenvalue weighted by Gasteiger charge is 2.11. The molecular weight excluding hydrogens is 420 g/mol. The summed E-state index contributed by atoms with van der Waals surface area (Å²) in [4.78, 5) is 14.0. The van der Waals surface area contributed by atoms with E-state index in [1.165, 1.54) is 6.92 Å². The molecule has 0 aliphatic rings. The Morgan fingerprint density at radius 3 is 2.80 bits per heavy atom. The van der Waals surface area contributed by atoms with E-state index in [1.807, 2.05) is 12.1 Å². The van der Waals surface area contributed by atoms with Crippen molar-refractivity contribution in [2.24, 2.45) is 0 Å². The Labute approximate surface area is 114 Å². The molecular formula is C10H7I2NO2. The fourth-order valence-corrected chi connectivity index (χ4v) is 2.55. The molecule has 1 aromatic heterocycles. The van der Waals surface area contributed by atoms with Gasteiger partial charge in [-0.15, -0.1) is 0 Å². The maximum atomic E-state index is 10.9. The van der Waals surface area contributed by atoms with Gasteiger partial charge in [-0.3, -0.25) is 4.79 Å². The number of carbonyl (C=O) groups excluding carboxylic acids is 1. The second-order valence-electron chi connectivity index (χ2n) is 3.03. The van der Waals surface area contributed by atoms with E-state index < -0.39 is 0 Å². The van der Waals surface area contributed by atoms with Crippen LogP contribution in [0.25, 0.3) is 10.9 Å². The van der Waals surface area contributed by atoms with Crippen LogP contribution < -0.4 is 4.74 Å². The SMILES string of the molecule is CC(=O)Oc1c[nH]c2ccc(I)c(I)c12. The molecule has 2 aromatic rings. The van der Waals surface area contributed by atoms with Crippen LogP contribution in [-0.2, 0) is 4.79 Å². The molecule has 0 fully saturated rings. The van der Waals surface area contributed by atoms with Crippen molar-refractivity contribution in [1.29, 1.82) is 0 Å². The number of fused-ring (bicyclic) bond motifs is 1. The van der Waals surface area contributed by atoms with Gasteiger partial charge in [0, 0.05) is 20.3 Å². The summed E-state index contributed by atoms with van der Waals surface area (Å²) in [6.45, 7) is 1.40. The summed E-state index contributed by atoms with van der Waals surface area (Å²) in [5, 5.41) is 0.970. The zero-order valence-corrected chi connectivity index (χ0v) is 12.1. The molecule has 0 unspecified atom stereocenters. The molecule has 3 nitrogen and oxygen atoms in total. The van der Waals surface area contributed by atoms with E-state index in [0.717, 1.165) is 18.0 Å². The van der Waals surface area contributed by atoms with Crippen molar-refractivity contribution in [3.05, 3.63) is 25.5 Å². The smallest absolute Gasteiger partial charge is 0.308 e. The summed E-state index contributed by atoms with van der Waals surface area (Å²) in [7, 11) is 0. The minimum Gasteiger partial charge on any atom is -0.424 e. The first-order valence-corrected chi connectivity index (χ1v) is 6.39. The number of nitrogens with one attached hydrogen (secondary N) is 1. The Morgan fingerprint density at radius 2 is 2.13 bits per heavy atom. The molecule has 1 aromatic carbocycles. The summed E-state index contributed by atoms with van der Waals surface area (Å²) in [6, 6.07) is 4.00. The number of carbonyl (C=O) groups is 1. The van der Waals surface area contributed by atoms with Crippen molar-refractivity contribution in [2.45, 2.75) is 6.92 Å². The van der Waals surface area contributed by atoms with E-state index in [9.17, 15) is 4.79 Å². The number of aromatic amines is 1. The zero-order valence-electron chi connectivity index (χ0n) is 7.80. The van der Waals surface area contributed by atoms with Crippen LogP contribution in [0.3, 0.4) is 0 Å². The minimum absolute atomic E-state index is 0.300. The molecule has 15 heavy (non-hydrogen) atoms. The van der Waals surface area contributed by atoms with Crippen molar-refractivity contribution in [3.63, 3.8) is 0 Å². The molecule has 0 aliphatic heterocycles. The first-order chi connectivity index (χ1) is 7.09. The van der Waals surface area contributed by atoms with Crippen LogP contribution in [0.15, 0.2) is 18.3 Å². The van der Waals surface area contributed by atoms with Crippen LogP contribution in [0.4, 0.5) is 0 Å². The highest BCUT2D eigenvalue weighted by Crippen LogP contribution is 2.32. The van der Waals surface area contributed by atoms with Gasteiger partial charge in [0.25, 0.3) is 0 Å². The normalized spacial score (nSPS) is 10.6. The predicted molar refractivity (Wildman–Crippen MR) is 75.0 cm³/mol. The van der Waals surface area contributed by atoms with Gasteiger partial charge in [0.1, 0.15) is 0 Å². The monoisotopic (exact) mass is 427 g/mol. The first kappa shape index (κ1) is 11.2. The molecule has 5 heteroatoms. The Bertz CT molecular complexity index is 533. The predicted octanol–water partition coefficient (Wildman–Crippen LogP) is 3.30. The Kier molecular flexibility index (Phi) is 3.19. The molecule has 78 valence electrons. The van der Waals surface area contributed by atoms with Gasteiger partial charge in [0.2, 0.25) is 0 Å². The molecule has 2 rings (SSSR count). The average Bonchev–Trinajstić information content (AvgIpc) is 2.55. The van der Waals surface area contributed by atoms with E-state index in [2.05, 4.69) is 50.2 Å². The summed E-state index contributed by atoms with van der Waals surface area (Å²) in [6.07, 6.45) is 1.71. The number of hydrogen-bond donors (Lipinski definition) is 1. The van der Waals surface area contributed by atoms with Crippen LogP contribution >= 0.6 is 45.2 Å². The maximum absolute atomic E-state index is 10.9. The quantitative estimate of drug-likeness (QED) is 0.561. The third-order valence-electron chi connectivity index (χ3n) is 1.95. The molecule has 0 atom stereocenters. The third-order valence-corrected chi connectivity index (χ3v) is 5.01. The number of rotatable bonds is 1. The number of esters is 1. The fraction of sp³-hybridized carbons (Fsp3) is 0.100. The lowest BCUT2D eigenvalue weighted by atomic mass is 10.2. The lowest BCUT2D eigenvalue weighted by Crippen LogP contribution is -2.00. The highest BCUT2D eigenvalue weighted by molar-refractivity contribution is 14.1. The van der Waals surface area contributed by atoms with E-state index in [-0.39, 0.29) is 5.97 Å². The van der Waals surface area contributed by atoms with Gasteiger partial charge in [-0.1, -0.05) is 0 Å². The number of ether oxygens (including phenoxy) is 1. The van der Waals surface area contributed by atoms with E-state index in [4.69, 9.17) is 4.74 Å². The van der Waals surface area contributed by atoms with E-state index in [1.54, 1.807) is 6.20 Å². The van der Waals surface area contributed by atoms with Gasteiger partial charge in [0.05, 0.1) is 10.9 Å². The third kappa shape index (κ3) is 2.12. The molecule has 0 amide bonds. The van der Waals surface area contributed by atoms with Gasteiger partial charge in [-0.25, -0.2) is 0 Å². The van der Waals surface area contributed by atoms with Gasteiger partial charge >= 0.3 is 5.97 Å². The lowest BCUT2D eigenvalue weighted by molar-refractivity contribution is -0.131. The lowest BCUT2D eigenvalue weighted by Gasteiger charge is -2.02. The van der Waals surface area contributed by atoms with Crippen LogP contribution in [0.2, 0.25) is 0 Å². The number of benzene rings is 1. The Morgan fingerprint density at radius 1 is 1.40 bits per heavy atom. The average molecular weight is 427 g/mol. The van der Waals surface area contributed by atoms with Gasteiger partial charge in [-0.2, -0.15) is 0 Å². The standard InChI is InChI=1S/C10H7I2NO2/c1-5(14)15-8-4-13-7-3-2-6(11)10(12)9(7)8/h2-4,13H,1H3. The van der Waals surface area contributed by atoms with Crippen molar-refractivity contribution in [2.75, 3.05) is 0 Å². The molecule has 0 radical (unpaired) electrons. The van der Waals surface area contributed by atoms with Crippen molar-refractivity contribution in [3.8, 4) is 5.75 Å². The summed E-state index contributed by atoms with van der Waals surface area (Å²) >= 11 is 4.51. The van der Waals surface area contributed by atoms with Gasteiger partial charge in [-0.05, 0) is 57.3 Å². The largest absolute Gasteiger partial charge is 0.424 e. The highest BCUT2D eigenvalue weighted by atomic mass is 127. The summed E-state index contributed by atoms with van der Waals surface area (Å²) < 4.78 is 7.37. The maximum Gasteiger partial charge on any atom is 0.308 e. The van der Waals surface area contributed by atoms with Crippen molar-refractivity contribution >= 4 is 62.1 Å². The molecule has 0 saturated carbocycles. The van der Waals surface area contributed by atoms with Crippen molar-refractivity contribution < 1.29 is 9.53 Å². The summed E-state index contributed by atoms with van der Waals surface area (Å²) in [5.74, 6) is 0.297. The first-order valence-electron chi connectivity index (χ1n) is 4.23. The second kappa shape index (κ2) is 4.28. The zero-order chi connectivity index (χ0) is 11.0. The van der Waals surface area contributed by atoms with E-state index >= 15 is 0 Å². The van der Waals surface area contributed by atoms with E-state index in [0.29, 0.717) is 5.75 Å². The molecule has 1 N–H and O–H groups in total.